The van der Waals surface area contributed by atoms with Gasteiger partial charge in [-0.3, -0.25) is 0 Å². The molecule has 1 aromatic rings. The molecule has 78 valence electrons. The van der Waals surface area contributed by atoms with Crippen LogP contribution in [-0.2, 0) is 10.7 Å². The molecule has 0 radical (unpaired) electrons. The van der Waals surface area contributed by atoms with Gasteiger partial charge in [0.1, 0.15) is 0 Å². The first-order valence-corrected chi connectivity index (χ1v) is 4.72. The van der Waals surface area contributed by atoms with Crippen molar-refractivity contribution in [1.82, 2.24) is 0 Å². The minimum atomic E-state index is -2.38. The molecule has 1 aromatic carbocycles. The van der Waals surface area contributed by atoms with Crippen LogP contribution >= 0.6 is 34.8 Å². The van der Waals surface area contributed by atoms with Crippen LogP contribution in [0.15, 0.2) is 30.3 Å². The first kappa shape index (κ1) is 12.0. The molecule has 0 spiro atoms. The fourth-order valence-corrected chi connectivity index (χ4v) is 1.36. The summed E-state index contributed by atoms with van der Waals surface area (Å²) in [7, 11) is 0. The van der Waals surface area contributed by atoms with Gasteiger partial charge in [0.25, 0.3) is 9.58 Å². The van der Waals surface area contributed by atoms with Gasteiger partial charge in [-0.2, -0.15) is 4.89 Å². The third-order valence-corrected chi connectivity index (χ3v) is 2.45. The van der Waals surface area contributed by atoms with Crippen LogP contribution in [0.25, 0.3) is 0 Å². The SMILES string of the molecule is OOC(O)(c1ccccc1)C(Cl)(Cl)Cl. The highest BCUT2D eigenvalue weighted by Gasteiger charge is 2.51. The molecule has 1 unspecified atom stereocenters. The zero-order chi connectivity index (χ0) is 10.8. The van der Waals surface area contributed by atoms with Gasteiger partial charge in [0.15, 0.2) is 0 Å². The van der Waals surface area contributed by atoms with E-state index in [1.54, 1.807) is 18.2 Å². The van der Waals surface area contributed by atoms with Gasteiger partial charge in [-0.05, 0) is 0 Å². The van der Waals surface area contributed by atoms with Crippen molar-refractivity contribution >= 4 is 34.8 Å². The summed E-state index contributed by atoms with van der Waals surface area (Å²) in [4.78, 5) is 3.85. The summed E-state index contributed by atoms with van der Waals surface area (Å²) in [6, 6.07) is 7.83. The van der Waals surface area contributed by atoms with Crippen molar-refractivity contribution in [2.45, 2.75) is 9.58 Å². The molecule has 0 aliphatic rings. The van der Waals surface area contributed by atoms with Crippen molar-refractivity contribution in [2.24, 2.45) is 0 Å². The van der Waals surface area contributed by atoms with Gasteiger partial charge < -0.3 is 5.11 Å². The molecule has 0 aliphatic heterocycles. The van der Waals surface area contributed by atoms with E-state index in [9.17, 15) is 5.11 Å². The maximum absolute atomic E-state index is 9.76. The molecule has 0 fully saturated rings. The molecule has 2 N–H and O–H groups in total. The summed E-state index contributed by atoms with van der Waals surface area (Å²) < 4.78 is -2.19. The van der Waals surface area contributed by atoms with E-state index in [0.717, 1.165) is 0 Å². The molecule has 0 aliphatic carbocycles. The Kier molecular flexibility index (Phi) is 3.63. The van der Waals surface area contributed by atoms with Crippen LogP contribution in [0.1, 0.15) is 5.56 Å². The van der Waals surface area contributed by atoms with Crippen molar-refractivity contribution in [3.8, 4) is 0 Å². The van der Waals surface area contributed by atoms with Gasteiger partial charge in [0, 0.05) is 5.56 Å². The smallest absolute Gasteiger partial charge is 0.272 e. The second kappa shape index (κ2) is 4.23. The first-order valence-electron chi connectivity index (χ1n) is 3.59. The Morgan fingerprint density at radius 3 is 1.93 bits per heavy atom. The quantitative estimate of drug-likeness (QED) is 0.371. The number of benzene rings is 1. The molecule has 14 heavy (non-hydrogen) atoms. The molecule has 6 heteroatoms. The van der Waals surface area contributed by atoms with E-state index in [1.165, 1.54) is 12.1 Å². The molecule has 1 rings (SSSR count). The Morgan fingerprint density at radius 1 is 1.07 bits per heavy atom. The van der Waals surface area contributed by atoms with Gasteiger partial charge in [-0.15, -0.1) is 0 Å². The maximum atomic E-state index is 9.76. The average molecular weight is 258 g/mol. The second-order valence-electron chi connectivity index (χ2n) is 2.60. The lowest BCUT2D eigenvalue weighted by Crippen LogP contribution is -2.41. The zero-order valence-electron chi connectivity index (χ0n) is 6.82. The number of aliphatic hydroxyl groups is 1. The highest BCUT2D eigenvalue weighted by molar-refractivity contribution is 6.68. The second-order valence-corrected chi connectivity index (χ2v) is 4.88. The van der Waals surface area contributed by atoms with Gasteiger partial charge in [0.2, 0.25) is 0 Å². The van der Waals surface area contributed by atoms with Crippen LogP contribution in [0.3, 0.4) is 0 Å². The van der Waals surface area contributed by atoms with Crippen molar-refractivity contribution < 1.29 is 15.3 Å². The van der Waals surface area contributed by atoms with Crippen LogP contribution in [-0.4, -0.2) is 14.2 Å². The Bertz CT molecular complexity index is 298. The lowest BCUT2D eigenvalue weighted by molar-refractivity contribution is -0.399. The number of alkyl halides is 3. The average Bonchev–Trinajstić information content (AvgIpc) is 2.16. The Morgan fingerprint density at radius 2 is 1.57 bits per heavy atom. The standard InChI is InChI=1S/C8H7Cl3O3/c9-8(10,11)7(12,14-13)6-4-2-1-3-5-6/h1-5,12-13H. The molecule has 3 nitrogen and oxygen atoms in total. The van der Waals surface area contributed by atoms with Crippen molar-refractivity contribution in [2.75, 3.05) is 0 Å². The fraction of sp³-hybridized carbons (Fsp3) is 0.250. The Labute approximate surface area is 95.7 Å². The van der Waals surface area contributed by atoms with Gasteiger partial charge in [-0.1, -0.05) is 65.1 Å². The van der Waals surface area contributed by atoms with E-state index in [4.69, 9.17) is 40.1 Å². The zero-order valence-corrected chi connectivity index (χ0v) is 9.09. The third-order valence-electron chi connectivity index (χ3n) is 1.68. The van der Waals surface area contributed by atoms with Crippen LogP contribution in [0, 0.1) is 0 Å². The maximum Gasteiger partial charge on any atom is 0.272 e. The number of halogens is 3. The summed E-state index contributed by atoms with van der Waals surface area (Å²) in [6.45, 7) is 0. The summed E-state index contributed by atoms with van der Waals surface area (Å²) in [5, 5.41) is 18.3. The number of hydrogen-bond donors (Lipinski definition) is 2. The highest BCUT2D eigenvalue weighted by Crippen LogP contribution is 2.45. The monoisotopic (exact) mass is 256 g/mol. The van der Waals surface area contributed by atoms with E-state index in [2.05, 4.69) is 4.89 Å². The molecular formula is C8H7Cl3O3. The Balaban J connectivity index is 3.15. The van der Waals surface area contributed by atoms with Gasteiger partial charge in [-0.25, -0.2) is 5.26 Å². The third kappa shape index (κ3) is 2.14. The van der Waals surface area contributed by atoms with Gasteiger partial charge >= 0.3 is 0 Å². The summed E-state index contributed by atoms with van der Waals surface area (Å²) in [5.41, 5.74) is 0.141. The summed E-state index contributed by atoms with van der Waals surface area (Å²) >= 11 is 16.4. The van der Waals surface area contributed by atoms with Crippen LogP contribution < -0.4 is 0 Å². The van der Waals surface area contributed by atoms with Crippen molar-refractivity contribution in [1.29, 1.82) is 0 Å². The normalized spacial score (nSPS) is 16.4. The fourth-order valence-electron chi connectivity index (χ4n) is 0.932. The van der Waals surface area contributed by atoms with E-state index >= 15 is 0 Å². The van der Waals surface area contributed by atoms with E-state index in [-0.39, 0.29) is 5.56 Å². The molecule has 1 atom stereocenters. The van der Waals surface area contributed by atoms with E-state index in [1.807, 2.05) is 0 Å². The minimum Gasteiger partial charge on any atom is -0.356 e. The van der Waals surface area contributed by atoms with Crippen molar-refractivity contribution in [3.63, 3.8) is 0 Å². The van der Waals surface area contributed by atoms with Crippen LogP contribution in [0.2, 0.25) is 0 Å². The molecule has 0 heterocycles. The number of hydrogen-bond acceptors (Lipinski definition) is 3. The number of rotatable bonds is 2. The van der Waals surface area contributed by atoms with Crippen LogP contribution in [0.5, 0.6) is 0 Å². The van der Waals surface area contributed by atoms with Crippen molar-refractivity contribution in [3.05, 3.63) is 35.9 Å². The predicted molar refractivity (Wildman–Crippen MR) is 54.3 cm³/mol. The molecular weight excluding hydrogens is 250 g/mol. The highest BCUT2D eigenvalue weighted by atomic mass is 35.6. The molecule has 0 saturated carbocycles. The molecule has 0 bridgehead atoms. The molecule has 0 amide bonds. The van der Waals surface area contributed by atoms with Crippen LogP contribution in [0.4, 0.5) is 0 Å². The lowest BCUT2D eigenvalue weighted by Gasteiger charge is -2.30. The van der Waals surface area contributed by atoms with Gasteiger partial charge in [0.05, 0.1) is 0 Å². The molecule has 0 saturated heterocycles. The largest absolute Gasteiger partial charge is 0.356 e. The summed E-state index contributed by atoms with van der Waals surface area (Å²) in [5.74, 6) is -2.38. The molecule has 0 aromatic heterocycles. The minimum absolute atomic E-state index is 0.141. The van der Waals surface area contributed by atoms with E-state index < -0.39 is 9.58 Å². The Hall–Kier alpha value is -0.0300. The summed E-state index contributed by atoms with van der Waals surface area (Å²) in [6.07, 6.45) is 0. The topological polar surface area (TPSA) is 49.7 Å². The van der Waals surface area contributed by atoms with E-state index in [0.29, 0.717) is 0 Å². The lowest BCUT2D eigenvalue weighted by atomic mass is 10.1. The predicted octanol–water partition coefficient (Wildman–Crippen LogP) is 2.69. The first-order chi connectivity index (χ1) is 6.42.